The van der Waals surface area contributed by atoms with Gasteiger partial charge in [0, 0.05) is 6.07 Å². The fourth-order valence-electron chi connectivity index (χ4n) is 0.587. The van der Waals surface area contributed by atoms with E-state index >= 15 is 0 Å². The number of carbonyl (C=O) groups excluding carboxylic acids is 1. The second-order valence-corrected chi connectivity index (χ2v) is 2.05. The fraction of sp³-hybridized carbons (Fsp3) is 0.200. The van der Waals surface area contributed by atoms with Crippen LogP contribution in [0.15, 0.2) is 10.6 Å². The molecule has 0 aliphatic carbocycles. The van der Waals surface area contributed by atoms with E-state index in [0.717, 1.165) is 0 Å². The van der Waals surface area contributed by atoms with E-state index in [2.05, 4.69) is 15.5 Å². The molecule has 1 aromatic rings. The summed E-state index contributed by atoms with van der Waals surface area (Å²) in [4.78, 5) is 10.6. The summed E-state index contributed by atoms with van der Waals surface area (Å²) < 4.78 is 39.7. The number of nitrogen functional groups attached to an aromatic ring is 1. The first-order chi connectivity index (χ1) is 5.95. The molecule has 1 aromatic heterocycles. The SMILES string of the molecule is NNC(=O)c1cc(C(F)(F)F)no1. The van der Waals surface area contributed by atoms with Gasteiger partial charge in [0.15, 0.2) is 5.69 Å². The molecule has 72 valence electrons. The Hall–Kier alpha value is -1.57. The second-order valence-electron chi connectivity index (χ2n) is 2.05. The number of hydrazine groups is 1. The standard InChI is InChI=1S/C5H4F3N3O2/c6-5(7,8)3-1-2(13-11-3)4(12)10-9/h1H,9H2,(H,10,12). The molecular formula is C5H4F3N3O2. The Kier molecular flexibility index (Phi) is 2.24. The van der Waals surface area contributed by atoms with Crippen LogP contribution in [-0.2, 0) is 6.18 Å². The van der Waals surface area contributed by atoms with Crippen molar-refractivity contribution < 1.29 is 22.5 Å². The van der Waals surface area contributed by atoms with Crippen molar-refractivity contribution in [1.29, 1.82) is 0 Å². The number of aromatic nitrogens is 1. The molecule has 0 atom stereocenters. The van der Waals surface area contributed by atoms with E-state index in [9.17, 15) is 18.0 Å². The van der Waals surface area contributed by atoms with E-state index in [0.29, 0.717) is 6.07 Å². The minimum absolute atomic E-state index is 0.461. The molecule has 0 spiro atoms. The van der Waals surface area contributed by atoms with Crippen LogP contribution < -0.4 is 11.3 Å². The van der Waals surface area contributed by atoms with Gasteiger partial charge < -0.3 is 4.52 Å². The lowest BCUT2D eigenvalue weighted by Gasteiger charge is -1.97. The number of nitrogens with one attached hydrogen (secondary N) is 1. The molecule has 0 fully saturated rings. The average Bonchev–Trinajstić information content (AvgIpc) is 2.50. The molecule has 0 saturated carbocycles. The maximum absolute atomic E-state index is 11.9. The Balaban J connectivity index is 2.93. The summed E-state index contributed by atoms with van der Waals surface area (Å²) in [5.74, 6) is 3.10. The summed E-state index contributed by atoms with van der Waals surface area (Å²) in [6.07, 6.45) is -4.63. The Labute approximate surface area is 69.6 Å². The van der Waals surface area contributed by atoms with Gasteiger partial charge >= 0.3 is 12.1 Å². The summed E-state index contributed by atoms with van der Waals surface area (Å²) in [5.41, 5.74) is 0.334. The highest BCUT2D eigenvalue weighted by atomic mass is 19.4. The number of halogens is 3. The molecule has 8 heteroatoms. The van der Waals surface area contributed by atoms with Crippen LogP contribution in [0.4, 0.5) is 13.2 Å². The van der Waals surface area contributed by atoms with Crippen LogP contribution in [0.25, 0.3) is 0 Å². The van der Waals surface area contributed by atoms with Crippen molar-refractivity contribution in [2.45, 2.75) is 6.18 Å². The summed E-state index contributed by atoms with van der Waals surface area (Å²) in [6, 6.07) is 0.461. The zero-order valence-electron chi connectivity index (χ0n) is 6.05. The highest BCUT2D eigenvalue weighted by molar-refractivity contribution is 5.90. The van der Waals surface area contributed by atoms with Gasteiger partial charge in [-0.05, 0) is 0 Å². The van der Waals surface area contributed by atoms with E-state index < -0.39 is 23.5 Å². The molecule has 3 N–H and O–H groups in total. The lowest BCUT2D eigenvalue weighted by Crippen LogP contribution is -2.29. The van der Waals surface area contributed by atoms with Crippen molar-refractivity contribution in [1.82, 2.24) is 10.6 Å². The minimum atomic E-state index is -4.63. The molecule has 0 unspecified atom stereocenters. The number of hydrogen-bond donors (Lipinski definition) is 2. The molecular weight excluding hydrogens is 191 g/mol. The normalized spacial score (nSPS) is 11.4. The molecule has 0 saturated heterocycles. The zero-order chi connectivity index (χ0) is 10.1. The Morgan fingerprint density at radius 2 is 2.23 bits per heavy atom. The summed E-state index contributed by atoms with van der Waals surface area (Å²) in [6.45, 7) is 0. The van der Waals surface area contributed by atoms with Crippen molar-refractivity contribution >= 4 is 5.91 Å². The molecule has 0 bridgehead atoms. The van der Waals surface area contributed by atoms with Gasteiger partial charge in [0.1, 0.15) is 0 Å². The first-order valence-corrected chi connectivity index (χ1v) is 3.00. The monoisotopic (exact) mass is 195 g/mol. The molecule has 0 aliphatic rings. The summed E-state index contributed by atoms with van der Waals surface area (Å²) >= 11 is 0. The predicted molar refractivity (Wildman–Crippen MR) is 33.2 cm³/mol. The highest BCUT2D eigenvalue weighted by Gasteiger charge is 2.35. The van der Waals surface area contributed by atoms with Crippen LogP contribution in [0, 0.1) is 0 Å². The largest absolute Gasteiger partial charge is 0.436 e. The van der Waals surface area contributed by atoms with Crippen molar-refractivity contribution in [2.24, 2.45) is 5.84 Å². The first kappa shape index (κ1) is 9.52. The Bertz CT molecular complexity index is 319. The van der Waals surface area contributed by atoms with E-state index in [1.165, 1.54) is 0 Å². The molecule has 0 aromatic carbocycles. The van der Waals surface area contributed by atoms with Gasteiger partial charge in [0.2, 0.25) is 5.76 Å². The zero-order valence-corrected chi connectivity index (χ0v) is 6.05. The van der Waals surface area contributed by atoms with E-state index in [4.69, 9.17) is 0 Å². The van der Waals surface area contributed by atoms with Gasteiger partial charge in [-0.25, -0.2) is 5.84 Å². The number of amides is 1. The second kappa shape index (κ2) is 3.05. The van der Waals surface area contributed by atoms with Crippen LogP contribution in [0.2, 0.25) is 0 Å². The third-order valence-corrected chi connectivity index (χ3v) is 1.16. The molecule has 1 amide bonds. The van der Waals surface area contributed by atoms with Gasteiger partial charge in [-0.1, -0.05) is 5.16 Å². The number of rotatable bonds is 1. The maximum Gasteiger partial charge on any atom is 0.436 e. The molecule has 13 heavy (non-hydrogen) atoms. The van der Waals surface area contributed by atoms with E-state index in [1.54, 1.807) is 5.43 Å². The number of alkyl halides is 3. The molecule has 1 rings (SSSR count). The van der Waals surface area contributed by atoms with Crippen LogP contribution in [0.1, 0.15) is 16.2 Å². The van der Waals surface area contributed by atoms with Crippen molar-refractivity contribution in [3.63, 3.8) is 0 Å². The van der Waals surface area contributed by atoms with Crippen molar-refractivity contribution in [2.75, 3.05) is 0 Å². The fourth-order valence-corrected chi connectivity index (χ4v) is 0.587. The van der Waals surface area contributed by atoms with E-state index in [-0.39, 0.29) is 0 Å². The topological polar surface area (TPSA) is 81.1 Å². The van der Waals surface area contributed by atoms with Gasteiger partial charge in [0.05, 0.1) is 0 Å². The van der Waals surface area contributed by atoms with Crippen molar-refractivity contribution in [3.8, 4) is 0 Å². The smallest absolute Gasteiger partial charge is 0.350 e. The highest BCUT2D eigenvalue weighted by Crippen LogP contribution is 2.28. The molecule has 1 heterocycles. The minimum Gasteiger partial charge on any atom is -0.350 e. The first-order valence-electron chi connectivity index (χ1n) is 3.00. The van der Waals surface area contributed by atoms with Gasteiger partial charge in [-0.2, -0.15) is 13.2 Å². The summed E-state index contributed by atoms with van der Waals surface area (Å²) in [7, 11) is 0. The van der Waals surface area contributed by atoms with E-state index in [1.807, 2.05) is 0 Å². The number of hydrogen-bond acceptors (Lipinski definition) is 4. The Morgan fingerprint density at radius 3 is 2.62 bits per heavy atom. The third kappa shape index (κ3) is 1.96. The van der Waals surface area contributed by atoms with Crippen LogP contribution in [0.5, 0.6) is 0 Å². The average molecular weight is 195 g/mol. The molecule has 5 nitrogen and oxygen atoms in total. The van der Waals surface area contributed by atoms with Gasteiger partial charge in [-0.15, -0.1) is 0 Å². The van der Waals surface area contributed by atoms with Crippen LogP contribution in [-0.4, -0.2) is 11.1 Å². The lowest BCUT2D eigenvalue weighted by molar-refractivity contribution is -0.142. The number of nitrogens with two attached hydrogens (primary N) is 1. The van der Waals surface area contributed by atoms with Crippen LogP contribution in [0.3, 0.4) is 0 Å². The lowest BCUT2D eigenvalue weighted by atomic mass is 10.3. The molecule has 0 radical (unpaired) electrons. The maximum atomic E-state index is 11.9. The quantitative estimate of drug-likeness (QED) is 0.383. The van der Waals surface area contributed by atoms with Gasteiger partial charge in [0.25, 0.3) is 0 Å². The molecule has 0 aliphatic heterocycles. The van der Waals surface area contributed by atoms with Gasteiger partial charge in [-0.3, -0.25) is 10.2 Å². The summed E-state index contributed by atoms with van der Waals surface area (Å²) in [5, 5.41) is 2.64. The third-order valence-electron chi connectivity index (χ3n) is 1.16. The number of carbonyl (C=O) groups is 1. The van der Waals surface area contributed by atoms with Crippen LogP contribution >= 0.6 is 0 Å². The Morgan fingerprint density at radius 1 is 1.62 bits per heavy atom. The predicted octanol–water partition coefficient (Wildman–Crippen LogP) is 0.297. The number of nitrogens with zero attached hydrogens (tertiary/aromatic N) is 1. The van der Waals surface area contributed by atoms with Crippen molar-refractivity contribution in [3.05, 3.63) is 17.5 Å².